The molecular weight excluding hydrogens is 316 g/mol. The van der Waals surface area contributed by atoms with Crippen molar-refractivity contribution in [1.82, 2.24) is 9.78 Å². The van der Waals surface area contributed by atoms with Crippen LogP contribution in [-0.2, 0) is 13.0 Å². The summed E-state index contributed by atoms with van der Waals surface area (Å²) in [6.07, 6.45) is 3.88. The predicted octanol–water partition coefficient (Wildman–Crippen LogP) is 2.86. The lowest BCUT2D eigenvalue weighted by Gasteiger charge is -2.17. The van der Waals surface area contributed by atoms with Gasteiger partial charge in [0.05, 0.1) is 24.4 Å². The minimum Gasteiger partial charge on any atom is -0.394 e. The number of nitrogens with zero attached hydrogens (tertiary/aromatic N) is 2. The zero-order chi connectivity index (χ0) is 18.1. The van der Waals surface area contributed by atoms with Crippen molar-refractivity contribution in [1.29, 1.82) is 0 Å². The molecule has 2 aromatic rings. The zero-order valence-corrected chi connectivity index (χ0v) is 14.8. The van der Waals surface area contributed by atoms with Crippen LogP contribution >= 0.6 is 0 Å². The number of benzene rings is 1. The molecule has 0 fully saturated rings. The summed E-state index contributed by atoms with van der Waals surface area (Å²) >= 11 is 0. The van der Waals surface area contributed by atoms with Gasteiger partial charge >= 0.3 is 0 Å². The smallest absolute Gasteiger partial charge is 0.212 e. The number of ketones is 2. The number of allylic oxidation sites excluding steroid dienone is 2. The maximum atomic E-state index is 13.0. The lowest BCUT2D eigenvalue weighted by Crippen LogP contribution is -2.24. The highest BCUT2D eigenvalue weighted by Gasteiger charge is 2.35. The van der Waals surface area contributed by atoms with Gasteiger partial charge in [0.25, 0.3) is 0 Å². The van der Waals surface area contributed by atoms with Crippen LogP contribution < -0.4 is 0 Å². The number of aliphatic hydroxyl groups excluding tert-OH is 1. The number of aromatic nitrogens is 2. The van der Waals surface area contributed by atoms with Gasteiger partial charge in [-0.25, -0.2) is 0 Å². The van der Waals surface area contributed by atoms with Gasteiger partial charge in [-0.3, -0.25) is 14.3 Å². The molecule has 1 aromatic heterocycles. The largest absolute Gasteiger partial charge is 0.394 e. The molecule has 0 bridgehead atoms. The van der Waals surface area contributed by atoms with E-state index in [9.17, 15) is 14.7 Å². The number of hydrogen-bond acceptors (Lipinski definition) is 4. The van der Waals surface area contributed by atoms with E-state index in [0.717, 1.165) is 18.4 Å². The van der Waals surface area contributed by atoms with E-state index >= 15 is 0 Å². The summed E-state index contributed by atoms with van der Waals surface area (Å²) in [5.74, 6) is -0.357. The van der Waals surface area contributed by atoms with Gasteiger partial charge in [0.15, 0.2) is 5.78 Å². The number of rotatable bonds is 5. The maximum Gasteiger partial charge on any atom is 0.212 e. The van der Waals surface area contributed by atoms with Crippen molar-refractivity contribution in [2.24, 2.45) is 0 Å². The quantitative estimate of drug-likeness (QED) is 0.726. The number of carbonyl (C=O) groups excluding carboxylic acids is 2. The Labute approximate surface area is 147 Å². The number of carbonyl (C=O) groups is 2. The molecule has 1 aromatic carbocycles. The third-order valence-corrected chi connectivity index (χ3v) is 4.44. The van der Waals surface area contributed by atoms with Crippen LogP contribution in [0.25, 0.3) is 0 Å². The fraction of sp³-hybridized carbons (Fsp3) is 0.350. The Morgan fingerprint density at radius 3 is 2.64 bits per heavy atom. The van der Waals surface area contributed by atoms with Crippen LogP contribution in [0.1, 0.15) is 63.5 Å². The van der Waals surface area contributed by atoms with E-state index < -0.39 is 0 Å². The van der Waals surface area contributed by atoms with Crippen LogP contribution in [0, 0.1) is 6.92 Å². The first-order chi connectivity index (χ1) is 11.9. The SMILES string of the molecule is CC(C)=CCCc1ccc2c(c1)C(=O)c1c(c(C)nn1CCO)C2=O. The number of aliphatic hydroxyl groups is 1. The molecule has 1 N–H and O–H groups in total. The van der Waals surface area contributed by atoms with Crippen molar-refractivity contribution < 1.29 is 14.7 Å². The molecule has 0 radical (unpaired) electrons. The third kappa shape index (κ3) is 3.07. The average molecular weight is 338 g/mol. The van der Waals surface area contributed by atoms with Crippen LogP contribution in [0.4, 0.5) is 0 Å². The van der Waals surface area contributed by atoms with Crippen molar-refractivity contribution in [3.05, 3.63) is 63.5 Å². The molecule has 25 heavy (non-hydrogen) atoms. The van der Waals surface area contributed by atoms with Crippen molar-refractivity contribution in [3.63, 3.8) is 0 Å². The summed E-state index contributed by atoms with van der Waals surface area (Å²) < 4.78 is 1.45. The highest BCUT2D eigenvalue weighted by molar-refractivity contribution is 6.28. The van der Waals surface area contributed by atoms with Gasteiger partial charge in [0, 0.05) is 11.1 Å². The first-order valence-corrected chi connectivity index (χ1v) is 8.48. The molecule has 5 nitrogen and oxygen atoms in total. The number of aryl methyl sites for hydroxylation is 2. The maximum absolute atomic E-state index is 13.0. The summed E-state index contributed by atoms with van der Waals surface area (Å²) in [4.78, 5) is 25.8. The monoisotopic (exact) mass is 338 g/mol. The molecule has 0 amide bonds. The molecule has 1 heterocycles. The normalized spacial score (nSPS) is 12.8. The standard InChI is InChI=1S/C20H22N2O3/c1-12(2)5-4-6-14-7-8-15-16(11-14)20(25)18-17(19(15)24)13(3)21-22(18)9-10-23/h5,7-8,11,23H,4,6,9-10H2,1-3H3. The van der Waals surface area contributed by atoms with Crippen molar-refractivity contribution in [2.75, 3.05) is 6.61 Å². The van der Waals surface area contributed by atoms with E-state index in [2.05, 4.69) is 25.0 Å². The lowest BCUT2D eigenvalue weighted by molar-refractivity contribution is 0.0971. The zero-order valence-electron chi connectivity index (χ0n) is 14.8. The second-order valence-electron chi connectivity index (χ2n) is 6.61. The Morgan fingerprint density at radius 1 is 1.20 bits per heavy atom. The number of fused-ring (bicyclic) bond motifs is 2. The van der Waals surface area contributed by atoms with Gasteiger partial charge in [0.2, 0.25) is 5.78 Å². The number of hydrogen-bond donors (Lipinski definition) is 1. The third-order valence-electron chi connectivity index (χ3n) is 4.44. The highest BCUT2D eigenvalue weighted by Crippen LogP contribution is 2.30. The molecule has 0 spiro atoms. The molecule has 130 valence electrons. The van der Waals surface area contributed by atoms with Gasteiger partial charge < -0.3 is 5.11 Å². The summed E-state index contributed by atoms with van der Waals surface area (Å²) in [6, 6.07) is 5.49. The minimum atomic E-state index is -0.192. The molecule has 1 aliphatic carbocycles. The van der Waals surface area contributed by atoms with E-state index in [0.29, 0.717) is 28.1 Å². The fourth-order valence-electron chi connectivity index (χ4n) is 3.26. The molecular formula is C20H22N2O3. The first-order valence-electron chi connectivity index (χ1n) is 8.48. The molecule has 5 heteroatoms. The Balaban J connectivity index is 2.02. The highest BCUT2D eigenvalue weighted by atomic mass is 16.3. The fourth-order valence-corrected chi connectivity index (χ4v) is 3.26. The molecule has 0 saturated carbocycles. The van der Waals surface area contributed by atoms with E-state index in [1.54, 1.807) is 13.0 Å². The van der Waals surface area contributed by atoms with E-state index in [1.165, 1.54) is 10.3 Å². The topological polar surface area (TPSA) is 72.2 Å². The van der Waals surface area contributed by atoms with Crippen LogP contribution in [0.2, 0.25) is 0 Å². The molecule has 3 rings (SSSR count). The van der Waals surface area contributed by atoms with Crippen molar-refractivity contribution >= 4 is 11.6 Å². The molecule has 0 aliphatic heterocycles. The minimum absolute atomic E-state index is 0.134. The van der Waals surface area contributed by atoms with Crippen LogP contribution in [-0.4, -0.2) is 33.1 Å². The second kappa shape index (κ2) is 6.76. The molecule has 1 aliphatic rings. The Kier molecular flexibility index (Phi) is 4.68. The summed E-state index contributed by atoms with van der Waals surface area (Å²) in [5.41, 5.74) is 4.36. The van der Waals surface area contributed by atoms with Gasteiger partial charge in [-0.2, -0.15) is 5.10 Å². The summed E-state index contributed by atoms with van der Waals surface area (Å²) in [6.45, 7) is 5.90. The Morgan fingerprint density at radius 2 is 1.96 bits per heavy atom. The molecule has 0 atom stereocenters. The van der Waals surface area contributed by atoms with Crippen molar-refractivity contribution in [3.8, 4) is 0 Å². The van der Waals surface area contributed by atoms with Crippen molar-refractivity contribution in [2.45, 2.75) is 40.2 Å². The summed E-state index contributed by atoms with van der Waals surface area (Å²) in [5, 5.41) is 13.5. The van der Waals surface area contributed by atoms with Gasteiger partial charge in [-0.05, 0) is 45.2 Å². The first kappa shape index (κ1) is 17.3. The average Bonchev–Trinajstić information content (AvgIpc) is 2.89. The molecule has 0 saturated heterocycles. The van der Waals surface area contributed by atoms with Gasteiger partial charge in [-0.15, -0.1) is 0 Å². The Hall–Kier alpha value is -2.53. The van der Waals surface area contributed by atoms with Crippen LogP contribution in [0.3, 0.4) is 0 Å². The predicted molar refractivity (Wildman–Crippen MR) is 95.1 cm³/mol. The summed E-state index contributed by atoms with van der Waals surface area (Å²) in [7, 11) is 0. The van der Waals surface area contributed by atoms with E-state index in [4.69, 9.17) is 0 Å². The van der Waals surface area contributed by atoms with Crippen LogP contribution in [0.15, 0.2) is 29.8 Å². The van der Waals surface area contributed by atoms with Gasteiger partial charge in [0.1, 0.15) is 5.69 Å². The van der Waals surface area contributed by atoms with E-state index in [1.807, 2.05) is 12.1 Å². The van der Waals surface area contributed by atoms with E-state index in [-0.39, 0.29) is 24.7 Å². The molecule has 0 unspecified atom stereocenters. The Bertz CT molecular complexity index is 887. The second-order valence-corrected chi connectivity index (χ2v) is 6.61. The lowest BCUT2D eigenvalue weighted by atomic mass is 9.85. The van der Waals surface area contributed by atoms with Crippen LogP contribution in [0.5, 0.6) is 0 Å². The van der Waals surface area contributed by atoms with Gasteiger partial charge in [-0.1, -0.05) is 23.8 Å².